The van der Waals surface area contributed by atoms with Gasteiger partial charge in [0.15, 0.2) is 5.82 Å². The van der Waals surface area contributed by atoms with Crippen LogP contribution in [0.5, 0.6) is 0 Å². The number of aryl methyl sites for hydroxylation is 1. The number of nitrogens with zero attached hydrogens (tertiary/aromatic N) is 2. The molecule has 2 nitrogen and oxygen atoms in total. The summed E-state index contributed by atoms with van der Waals surface area (Å²) < 4.78 is 1.27. The maximum atomic E-state index is 4.95. The van der Waals surface area contributed by atoms with Crippen molar-refractivity contribution in [3.8, 4) is 33.9 Å². The first-order chi connectivity index (χ1) is 13.8. The molecule has 0 saturated heterocycles. The van der Waals surface area contributed by atoms with Crippen molar-refractivity contribution in [2.24, 2.45) is 0 Å². The largest absolute Gasteiger partial charge is 0.228 e. The van der Waals surface area contributed by atoms with Crippen molar-refractivity contribution in [1.82, 2.24) is 9.97 Å². The Hall–Kier alpha value is -3.30. The molecule has 5 rings (SSSR count). The van der Waals surface area contributed by atoms with Crippen LogP contribution < -0.4 is 0 Å². The van der Waals surface area contributed by atoms with E-state index in [2.05, 4.69) is 60.8 Å². The molecule has 28 heavy (non-hydrogen) atoms. The second-order valence-corrected chi connectivity index (χ2v) is 7.67. The number of aromatic nitrogens is 2. The Morgan fingerprint density at radius 2 is 1.36 bits per heavy atom. The van der Waals surface area contributed by atoms with E-state index < -0.39 is 0 Å². The second kappa shape index (κ2) is 7.02. The van der Waals surface area contributed by atoms with Crippen molar-refractivity contribution >= 4 is 21.4 Å². The van der Waals surface area contributed by atoms with E-state index in [0.29, 0.717) is 0 Å². The molecule has 2 heterocycles. The average Bonchev–Trinajstić information content (AvgIpc) is 3.16. The molecule has 0 N–H and O–H groups in total. The van der Waals surface area contributed by atoms with Crippen LogP contribution in [0.25, 0.3) is 44.0 Å². The van der Waals surface area contributed by atoms with Crippen LogP contribution in [0.2, 0.25) is 0 Å². The zero-order chi connectivity index (χ0) is 18.9. The van der Waals surface area contributed by atoms with E-state index in [0.717, 1.165) is 33.9 Å². The van der Waals surface area contributed by atoms with Gasteiger partial charge in [0.05, 0.1) is 11.4 Å². The molecule has 0 bridgehead atoms. The molecule has 0 spiro atoms. The summed E-state index contributed by atoms with van der Waals surface area (Å²) >= 11 is 1.78. The number of rotatable bonds is 3. The van der Waals surface area contributed by atoms with Crippen molar-refractivity contribution < 1.29 is 0 Å². The van der Waals surface area contributed by atoms with Crippen LogP contribution in [0.1, 0.15) is 5.56 Å². The fourth-order valence-electron chi connectivity index (χ4n) is 3.45. The Morgan fingerprint density at radius 3 is 2.11 bits per heavy atom. The highest BCUT2D eigenvalue weighted by molar-refractivity contribution is 7.18. The van der Waals surface area contributed by atoms with Crippen molar-refractivity contribution in [3.05, 3.63) is 95.9 Å². The normalized spacial score (nSPS) is 11.0. The summed E-state index contributed by atoms with van der Waals surface area (Å²) in [4.78, 5) is 9.83. The molecule has 3 aromatic carbocycles. The molecular formula is C25H18N2S. The van der Waals surface area contributed by atoms with Gasteiger partial charge >= 0.3 is 0 Å². The summed E-state index contributed by atoms with van der Waals surface area (Å²) in [7, 11) is 0. The van der Waals surface area contributed by atoms with Gasteiger partial charge in [-0.05, 0) is 29.3 Å². The lowest BCUT2D eigenvalue weighted by molar-refractivity contribution is 1.19. The first-order valence-corrected chi connectivity index (χ1v) is 10.1. The third kappa shape index (κ3) is 3.00. The predicted molar refractivity (Wildman–Crippen MR) is 118 cm³/mol. The van der Waals surface area contributed by atoms with Crippen LogP contribution in [0.15, 0.2) is 90.3 Å². The van der Waals surface area contributed by atoms with E-state index in [-0.39, 0.29) is 0 Å². The third-order valence-corrected chi connectivity index (χ3v) is 6.04. The number of hydrogen-bond acceptors (Lipinski definition) is 3. The minimum atomic E-state index is 0.752. The highest BCUT2D eigenvalue weighted by atomic mass is 32.1. The van der Waals surface area contributed by atoms with E-state index in [4.69, 9.17) is 9.97 Å². The monoisotopic (exact) mass is 378 g/mol. The quantitative estimate of drug-likeness (QED) is 0.338. The lowest BCUT2D eigenvalue weighted by Crippen LogP contribution is -1.95. The maximum Gasteiger partial charge on any atom is 0.160 e. The lowest BCUT2D eigenvalue weighted by atomic mass is 10.0. The standard InChI is InChI=1S/C25H18N2S/c1-17-16-28-24-20(17)13-8-14-21(24)23-15-22(18-9-4-2-5-10-18)26-25(27-23)19-11-6-3-7-12-19/h2-16H,1H3. The SMILES string of the molecule is Cc1csc2c(-c3cc(-c4ccccc4)nc(-c4ccccc4)n3)cccc12. The van der Waals surface area contributed by atoms with Crippen molar-refractivity contribution in [2.75, 3.05) is 0 Å². The van der Waals surface area contributed by atoms with Gasteiger partial charge in [-0.3, -0.25) is 0 Å². The number of hydrogen-bond donors (Lipinski definition) is 0. The topological polar surface area (TPSA) is 25.8 Å². The van der Waals surface area contributed by atoms with Gasteiger partial charge in [-0.25, -0.2) is 9.97 Å². The van der Waals surface area contributed by atoms with Crippen molar-refractivity contribution in [2.45, 2.75) is 6.92 Å². The van der Waals surface area contributed by atoms with Crippen molar-refractivity contribution in [1.29, 1.82) is 0 Å². The Bertz CT molecular complexity index is 1200. The molecule has 0 amide bonds. The van der Waals surface area contributed by atoms with E-state index in [9.17, 15) is 0 Å². The summed E-state index contributed by atoms with van der Waals surface area (Å²) in [6.45, 7) is 2.16. The maximum absolute atomic E-state index is 4.95. The molecule has 0 saturated carbocycles. The van der Waals surface area contributed by atoms with Crippen LogP contribution in [0.4, 0.5) is 0 Å². The fourth-order valence-corrected chi connectivity index (χ4v) is 4.52. The van der Waals surface area contributed by atoms with Gasteiger partial charge in [0.2, 0.25) is 0 Å². The molecule has 0 aliphatic rings. The van der Waals surface area contributed by atoms with Gasteiger partial charge in [-0.1, -0.05) is 78.9 Å². The summed E-state index contributed by atoms with van der Waals surface area (Å²) in [6, 6.07) is 29.0. The Balaban J connectivity index is 1.77. The zero-order valence-electron chi connectivity index (χ0n) is 15.5. The Labute approximate surface area is 168 Å². The van der Waals surface area contributed by atoms with Crippen LogP contribution >= 0.6 is 11.3 Å². The Morgan fingerprint density at radius 1 is 0.679 bits per heavy atom. The molecule has 5 aromatic rings. The van der Waals surface area contributed by atoms with Gasteiger partial charge in [-0.15, -0.1) is 11.3 Å². The van der Waals surface area contributed by atoms with E-state index in [1.807, 2.05) is 36.4 Å². The second-order valence-electron chi connectivity index (χ2n) is 6.80. The number of fused-ring (bicyclic) bond motifs is 1. The highest BCUT2D eigenvalue weighted by Gasteiger charge is 2.13. The molecule has 2 aromatic heterocycles. The first-order valence-electron chi connectivity index (χ1n) is 9.27. The molecule has 0 aliphatic heterocycles. The first kappa shape index (κ1) is 16.8. The predicted octanol–water partition coefficient (Wildman–Crippen LogP) is 7.00. The molecule has 134 valence electrons. The number of benzene rings is 3. The molecule has 0 aliphatic carbocycles. The van der Waals surface area contributed by atoms with Crippen molar-refractivity contribution in [3.63, 3.8) is 0 Å². The van der Waals surface area contributed by atoms with Gasteiger partial charge in [-0.2, -0.15) is 0 Å². The highest BCUT2D eigenvalue weighted by Crippen LogP contribution is 2.36. The summed E-state index contributed by atoms with van der Waals surface area (Å²) in [6.07, 6.45) is 0. The van der Waals surface area contributed by atoms with Gasteiger partial charge < -0.3 is 0 Å². The van der Waals surface area contributed by atoms with Crippen LogP contribution in [-0.2, 0) is 0 Å². The summed E-state index contributed by atoms with van der Waals surface area (Å²) in [5, 5.41) is 3.51. The van der Waals surface area contributed by atoms with Crippen LogP contribution in [-0.4, -0.2) is 9.97 Å². The number of thiophene rings is 1. The lowest BCUT2D eigenvalue weighted by Gasteiger charge is -2.10. The van der Waals surface area contributed by atoms with Gasteiger partial charge in [0.1, 0.15) is 0 Å². The molecule has 0 unspecified atom stereocenters. The van der Waals surface area contributed by atoms with Gasteiger partial charge in [0, 0.05) is 21.4 Å². The zero-order valence-corrected chi connectivity index (χ0v) is 16.3. The third-order valence-electron chi connectivity index (χ3n) is 4.90. The Kier molecular flexibility index (Phi) is 4.22. The smallest absolute Gasteiger partial charge is 0.160 e. The van der Waals surface area contributed by atoms with Gasteiger partial charge in [0.25, 0.3) is 0 Å². The minimum absolute atomic E-state index is 0.752. The fraction of sp³-hybridized carbons (Fsp3) is 0.0400. The molecule has 0 atom stereocenters. The average molecular weight is 379 g/mol. The van der Waals surface area contributed by atoms with E-state index >= 15 is 0 Å². The summed E-state index contributed by atoms with van der Waals surface area (Å²) in [5.41, 5.74) is 6.48. The van der Waals surface area contributed by atoms with Crippen LogP contribution in [0, 0.1) is 6.92 Å². The molecule has 0 fully saturated rings. The van der Waals surface area contributed by atoms with Crippen LogP contribution in [0.3, 0.4) is 0 Å². The molecule has 0 radical (unpaired) electrons. The van der Waals surface area contributed by atoms with E-state index in [1.54, 1.807) is 11.3 Å². The molecule has 3 heteroatoms. The minimum Gasteiger partial charge on any atom is -0.228 e. The van der Waals surface area contributed by atoms with E-state index in [1.165, 1.54) is 15.6 Å². The molecular weight excluding hydrogens is 360 g/mol. The summed E-state index contributed by atoms with van der Waals surface area (Å²) in [5.74, 6) is 0.752.